The number of thiophene rings is 1. The van der Waals surface area contributed by atoms with E-state index >= 15 is 0 Å². The minimum absolute atomic E-state index is 0.0582. The Balaban J connectivity index is 1.68. The van der Waals surface area contributed by atoms with Crippen LogP contribution in [0.4, 0.5) is 21.2 Å². The van der Waals surface area contributed by atoms with E-state index in [1.807, 2.05) is 5.32 Å². The molecular formula is C21H18N4O8S2. The summed E-state index contributed by atoms with van der Waals surface area (Å²) in [4.78, 5) is 46.3. The van der Waals surface area contributed by atoms with Crippen molar-refractivity contribution < 1.29 is 32.5 Å². The number of carbonyl (C=O) groups is 3. The summed E-state index contributed by atoms with van der Waals surface area (Å²) in [7, 11) is -4.02. The van der Waals surface area contributed by atoms with Crippen LogP contribution >= 0.6 is 11.3 Å². The normalized spacial score (nSPS) is 10.8. The lowest BCUT2D eigenvalue weighted by molar-refractivity contribution is -0.384. The van der Waals surface area contributed by atoms with E-state index in [9.17, 15) is 32.9 Å². The summed E-state index contributed by atoms with van der Waals surface area (Å²) >= 11 is 1.06. The molecule has 3 aromatic rings. The van der Waals surface area contributed by atoms with Gasteiger partial charge in [0.1, 0.15) is 5.00 Å². The molecule has 1 heterocycles. The molecule has 1 aromatic heterocycles. The predicted molar refractivity (Wildman–Crippen MR) is 127 cm³/mol. The molecule has 0 saturated heterocycles. The Morgan fingerprint density at radius 1 is 1.00 bits per heavy atom. The molecule has 0 aliphatic rings. The Bertz CT molecular complexity index is 1370. The number of nitro benzene ring substituents is 1. The molecule has 0 radical (unpaired) electrons. The van der Waals surface area contributed by atoms with E-state index in [1.165, 1.54) is 42.5 Å². The number of imide groups is 1. The third-order valence-corrected chi connectivity index (χ3v) is 6.61. The molecule has 12 nitrogen and oxygen atoms in total. The van der Waals surface area contributed by atoms with Gasteiger partial charge in [0, 0.05) is 23.4 Å². The molecule has 0 aliphatic heterocycles. The number of nitrogens with zero attached hydrogens (tertiary/aromatic N) is 1. The minimum atomic E-state index is -4.02. The van der Waals surface area contributed by atoms with Gasteiger partial charge in [-0.15, -0.1) is 11.3 Å². The van der Waals surface area contributed by atoms with Crippen molar-refractivity contribution >= 4 is 55.6 Å². The molecular weight excluding hydrogens is 500 g/mol. The summed E-state index contributed by atoms with van der Waals surface area (Å²) in [5, 5.41) is 17.0. The highest BCUT2D eigenvalue weighted by Crippen LogP contribution is 2.25. The smallest absolute Gasteiger partial charge is 0.414 e. The van der Waals surface area contributed by atoms with E-state index < -0.39 is 32.9 Å². The van der Waals surface area contributed by atoms with Crippen molar-refractivity contribution in [2.24, 2.45) is 0 Å². The molecule has 0 saturated carbocycles. The number of rotatable bonds is 8. The topological polar surface area (TPSA) is 174 Å². The van der Waals surface area contributed by atoms with E-state index in [-0.39, 0.29) is 39.0 Å². The first-order chi connectivity index (χ1) is 16.6. The maximum absolute atomic E-state index is 12.6. The molecule has 3 amide bonds. The highest BCUT2D eigenvalue weighted by Gasteiger charge is 2.20. The Morgan fingerprint density at radius 3 is 2.26 bits per heavy atom. The third kappa shape index (κ3) is 6.39. The molecule has 14 heteroatoms. The standard InChI is InChI=1S/C21H18N4O8S2/c1-2-33-21(28)23-19(27)17-11-12-34-20(17)22-18(26)13-3-9-16(10-4-13)35(31,32)24-14-5-7-15(8-6-14)25(29)30/h3-12,24H,2H2,1H3,(H,22,26)(H,23,27,28). The van der Waals surface area contributed by atoms with Crippen LogP contribution in [0.3, 0.4) is 0 Å². The van der Waals surface area contributed by atoms with Crippen LogP contribution in [0.15, 0.2) is 64.9 Å². The number of nitrogens with one attached hydrogen (secondary N) is 3. The van der Waals surface area contributed by atoms with Crippen molar-refractivity contribution in [2.75, 3.05) is 16.6 Å². The first-order valence-electron chi connectivity index (χ1n) is 9.85. The van der Waals surface area contributed by atoms with Crippen molar-refractivity contribution in [1.82, 2.24) is 5.32 Å². The van der Waals surface area contributed by atoms with Crippen molar-refractivity contribution in [1.29, 1.82) is 0 Å². The van der Waals surface area contributed by atoms with Gasteiger partial charge in [0.15, 0.2) is 0 Å². The molecule has 35 heavy (non-hydrogen) atoms. The van der Waals surface area contributed by atoms with Gasteiger partial charge in [0.2, 0.25) is 0 Å². The van der Waals surface area contributed by atoms with Crippen LogP contribution in [0.25, 0.3) is 0 Å². The quantitative estimate of drug-likeness (QED) is 0.299. The zero-order valence-electron chi connectivity index (χ0n) is 18.0. The zero-order chi connectivity index (χ0) is 25.6. The number of sulfonamides is 1. The van der Waals surface area contributed by atoms with E-state index in [2.05, 4.69) is 14.8 Å². The first kappa shape index (κ1) is 25.3. The monoisotopic (exact) mass is 518 g/mol. The van der Waals surface area contributed by atoms with Crippen molar-refractivity contribution in [2.45, 2.75) is 11.8 Å². The molecule has 0 spiro atoms. The van der Waals surface area contributed by atoms with Crippen molar-refractivity contribution in [3.8, 4) is 0 Å². The number of hydrogen-bond acceptors (Lipinski definition) is 9. The van der Waals surface area contributed by atoms with Crippen molar-refractivity contribution in [3.05, 3.63) is 81.2 Å². The summed E-state index contributed by atoms with van der Waals surface area (Å²) in [5.74, 6) is -1.36. The number of alkyl carbamates (subject to hydrolysis) is 1. The maximum atomic E-state index is 12.6. The molecule has 2 aromatic carbocycles. The Morgan fingerprint density at radius 2 is 1.66 bits per heavy atom. The van der Waals surface area contributed by atoms with Gasteiger partial charge in [-0.05, 0) is 54.8 Å². The van der Waals surface area contributed by atoms with Gasteiger partial charge >= 0.3 is 6.09 Å². The Hall–Kier alpha value is -4.30. The van der Waals surface area contributed by atoms with E-state index in [1.54, 1.807) is 12.3 Å². The highest BCUT2D eigenvalue weighted by atomic mass is 32.2. The molecule has 0 bridgehead atoms. The third-order valence-electron chi connectivity index (χ3n) is 4.39. The molecule has 0 fully saturated rings. The van der Waals surface area contributed by atoms with Crippen LogP contribution in [0.2, 0.25) is 0 Å². The summed E-state index contributed by atoms with van der Waals surface area (Å²) in [6.07, 6.45) is -0.917. The van der Waals surface area contributed by atoms with Crippen LogP contribution < -0.4 is 15.4 Å². The van der Waals surface area contributed by atoms with Crippen LogP contribution in [0, 0.1) is 10.1 Å². The van der Waals surface area contributed by atoms with Gasteiger partial charge in [-0.1, -0.05) is 0 Å². The number of non-ortho nitro benzene ring substituents is 1. The van der Waals surface area contributed by atoms with Gasteiger partial charge in [0.25, 0.3) is 27.5 Å². The second-order valence-corrected chi connectivity index (χ2v) is 9.32. The van der Waals surface area contributed by atoms with Gasteiger partial charge < -0.3 is 10.1 Å². The summed E-state index contributed by atoms with van der Waals surface area (Å²) in [6.45, 7) is 1.67. The second-order valence-electron chi connectivity index (χ2n) is 6.73. The molecule has 0 atom stereocenters. The maximum Gasteiger partial charge on any atom is 0.414 e. The number of hydrogen-bond donors (Lipinski definition) is 3. The lowest BCUT2D eigenvalue weighted by Crippen LogP contribution is -2.31. The number of benzene rings is 2. The number of anilines is 2. The Labute approximate surface area is 203 Å². The number of nitro groups is 1. The van der Waals surface area contributed by atoms with Crippen LogP contribution in [-0.2, 0) is 14.8 Å². The SMILES string of the molecule is CCOC(=O)NC(=O)c1ccsc1NC(=O)c1ccc(S(=O)(=O)Nc2ccc([N+](=O)[O-])cc2)cc1. The molecule has 0 unspecified atom stereocenters. The molecule has 3 N–H and O–H groups in total. The summed E-state index contributed by atoms with van der Waals surface area (Å²) in [6, 6.07) is 11.3. The van der Waals surface area contributed by atoms with Gasteiger partial charge in [0.05, 0.1) is 22.0 Å². The van der Waals surface area contributed by atoms with Crippen LogP contribution in [-0.4, -0.2) is 37.9 Å². The lowest BCUT2D eigenvalue weighted by atomic mass is 10.2. The van der Waals surface area contributed by atoms with E-state index in [0.29, 0.717) is 0 Å². The second kappa shape index (κ2) is 10.8. The fourth-order valence-electron chi connectivity index (χ4n) is 2.74. The van der Waals surface area contributed by atoms with E-state index in [0.717, 1.165) is 23.5 Å². The Kier molecular flexibility index (Phi) is 7.78. The van der Waals surface area contributed by atoms with Crippen molar-refractivity contribution in [3.63, 3.8) is 0 Å². The average Bonchev–Trinajstić information content (AvgIpc) is 3.27. The largest absolute Gasteiger partial charge is 0.450 e. The molecule has 182 valence electrons. The fourth-order valence-corrected chi connectivity index (χ4v) is 4.58. The minimum Gasteiger partial charge on any atom is -0.450 e. The molecule has 0 aliphatic carbocycles. The van der Waals surface area contributed by atoms with Gasteiger partial charge in [-0.25, -0.2) is 13.2 Å². The first-order valence-corrected chi connectivity index (χ1v) is 12.2. The van der Waals surface area contributed by atoms with Gasteiger partial charge in [-0.3, -0.25) is 29.7 Å². The number of carbonyl (C=O) groups excluding carboxylic acids is 3. The highest BCUT2D eigenvalue weighted by molar-refractivity contribution is 7.92. The van der Waals surface area contributed by atoms with Crippen LogP contribution in [0.1, 0.15) is 27.6 Å². The molecule has 3 rings (SSSR count). The number of ether oxygens (including phenoxy) is 1. The predicted octanol–water partition coefficient (Wildman–Crippen LogP) is 3.60. The zero-order valence-corrected chi connectivity index (χ0v) is 19.6. The average molecular weight is 519 g/mol. The fraction of sp³-hybridized carbons (Fsp3) is 0.0952. The van der Waals surface area contributed by atoms with Gasteiger partial charge in [-0.2, -0.15) is 0 Å². The summed E-state index contributed by atoms with van der Waals surface area (Å²) < 4.78 is 32.1. The number of amides is 3. The summed E-state index contributed by atoms with van der Waals surface area (Å²) in [5.41, 5.74) is 0.117. The van der Waals surface area contributed by atoms with Crippen LogP contribution in [0.5, 0.6) is 0 Å². The lowest BCUT2D eigenvalue weighted by Gasteiger charge is -2.09. The van der Waals surface area contributed by atoms with E-state index in [4.69, 9.17) is 0 Å².